The summed E-state index contributed by atoms with van der Waals surface area (Å²) in [6, 6.07) is 0. The van der Waals surface area contributed by atoms with Crippen LogP contribution in [-0.4, -0.2) is 5.78 Å². The van der Waals surface area contributed by atoms with Gasteiger partial charge >= 0.3 is 0 Å². The first-order valence-corrected chi connectivity index (χ1v) is 7.32. The number of hydrogen-bond acceptors (Lipinski definition) is 1. The van der Waals surface area contributed by atoms with E-state index in [0.29, 0.717) is 17.1 Å². The topological polar surface area (TPSA) is 17.1 Å². The Morgan fingerprint density at radius 1 is 1.12 bits per heavy atom. The third-order valence-electron chi connectivity index (χ3n) is 3.41. The van der Waals surface area contributed by atoms with Gasteiger partial charge in [-0.1, -0.05) is 48.0 Å². The molecule has 102 valence electrons. The lowest BCUT2D eigenvalue weighted by atomic mass is 9.81. The molecule has 0 radical (unpaired) electrons. The Kier molecular flexibility index (Phi) is 7.74. The summed E-state index contributed by atoms with van der Waals surface area (Å²) >= 11 is 0. The molecule has 0 fully saturated rings. The quantitative estimate of drug-likeness (QED) is 0.567. The zero-order valence-electron chi connectivity index (χ0n) is 12.8. The minimum Gasteiger partial charge on any atom is -0.299 e. The van der Waals surface area contributed by atoms with Crippen molar-refractivity contribution >= 4 is 5.78 Å². The zero-order valence-corrected chi connectivity index (χ0v) is 12.8. The molecule has 2 atom stereocenters. The van der Waals surface area contributed by atoms with Gasteiger partial charge in [0.15, 0.2) is 0 Å². The van der Waals surface area contributed by atoms with Crippen LogP contribution in [0.15, 0.2) is 0 Å². The monoisotopic (exact) mass is 240 g/mol. The van der Waals surface area contributed by atoms with Crippen molar-refractivity contribution in [1.29, 1.82) is 0 Å². The highest BCUT2D eigenvalue weighted by Crippen LogP contribution is 2.28. The molecule has 0 aromatic carbocycles. The molecule has 1 nitrogen and oxygen atoms in total. The Bertz CT molecular complexity index is 212. The highest BCUT2D eigenvalue weighted by Gasteiger charge is 2.19. The van der Waals surface area contributed by atoms with E-state index in [-0.39, 0.29) is 0 Å². The van der Waals surface area contributed by atoms with Crippen LogP contribution in [0, 0.1) is 17.3 Å². The predicted molar refractivity (Wildman–Crippen MR) is 76.2 cm³/mol. The fraction of sp³-hybridized carbons (Fsp3) is 0.938. The average molecular weight is 240 g/mol. The van der Waals surface area contributed by atoms with Crippen LogP contribution >= 0.6 is 0 Å². The molecular formula is C16H32O. The van der Waals surface area contributed by atoms with Crippen molar-refractivity contribution in [3.05, 3.63) is 0 Å². The van der Waals surface area contributed by atoms with Gasteiger partial charge in [0.2, 0.25) is 0 Å². The number of Topliss-reactive ketones (excluding diaryl/α,β-unsaturated/α-hetero) is 1. The Morgan fingerprint density at radius 3 is 2.12 bits per heavy atom. The lowest BCUT2D eigenvalue weighted by Gasteiger charge is -2.24. The molecule has 0 bridgehead atoms. The molecule has 0 heterocycles. The van der Waals surface area contributed by atoms with Gasteiger partial charge in [0, 0.05) is 12.3 Å². The van der Waals surface area contributed by atoms with Crippen molar-refractivity contribution in [2.75, 3.05) is 0 Å². The number of rotatable bonds is 8. The van der Waals surface area contributed by atoms with E-state index in [1.807, 2.05) is 0 Å². The van der Waals surface area contributed by atoms with Gasteiger partial charge in [0.25, 0.3) is 0 Å². The van der Waals surface area contributed by atoms with Crippen molar-refractivity contribution in [1.82, 2.24) is 0 Å². The Labute approximate surface area is 108 Å². The van der Waals surface area contributed by atoms with E-state index in [1.54, 1.807) is 0 Å². The molecule has 0 aromatic rings. The number of ketones is 1. The fourth-order valence-corrected chi connectivity index (χ4v) is 2.68. The second-order valence-electron chi connectivity index (χ2n) is 6.77. The molecule has 0 aliphatic heterocycles. The summed E-state index contributed by atoms with van der Waals surface area (Å²) < 4.78 is 0. The summed E-state index contributed by atoms with van der Waals surface area (Å²) in [5.74, 6) is 1.54. The number of carbonyl (C=O) groups is 1. The molecule has 2 unspecified atom stereocenters. The molecule has 0 amide bonds. The maximum absolute atomic E-state index is 11.9. The highest BCUT2D eigenvalue weighted by atomic mass is 16.1. The predicted octanol–water partition coefficient (Wildman–Crippen LogP) is 5.23. The van der Waals surface area contributed by atoms with E-state index in [1.165, 1.54) is 12.8 Å². The minimum absolute atomic E-state index is 0.317. The maximum Gasteiger partial charge on any atom is 0.135 e. The van der Waals surface area contributed by atoms with E-state index >= 15 is 0 Å². The fourth-order valence-electron chi connectivity index (χ4n) is 2.68. The van der Waals surface area contributed by atoms with Crippen LogP contribution in [0.1, 0.15) is 80.1 Å². The Hall–Kier alpha value is -0.330. The van der Waals surface area contributed by atoms with Crippen molar-refractivity contribution in [3.8, 4) is 0 Å². The van der Waals surface area contributed by atoms with Gasteiger partial charge in [-0.05, 0) is 37.0 Å². The zero-order chi connectivity index (χ0) is 13.5. The molecule has 0 aliphatic carbocycles. The van der Waals surface area contributed by atoms with Crippen LogP contribution in [0.2, 0.25) is 0 Å². The average Bonchev–Trinajstić information content (AvgIpc) is 2.16. The smallest absolute Gasteiger partial charge is 0.135 e. The van der Waals surface area contributed by atoms with Gasteiger partial charge in [-0.3, -0.25) is 4.79 Å². The molecule has 0 aromatic heterocycles. The molecule has 0 N–H and O–H groups in total. The van der Waals surface area contributed by atoms with Crippen LogP contribution < -0.4 is 0 Å². The van der Waals surface area contributed by atoms with E-state index in [2.05, 4.69) is 41.5 Å². The standard InChI is InChI=1S/C16H32O/c1-7-9-15(17)14(8-2)11-10-13(3)12-16(4,5)6/h13-14H,7-12H2,1-6H3. The van der Waals surface area contributed by atoms with Gasteiger partial charge in [-0.15, -0.1) is 0 Å². The molecule has 0 saturated heterocycles. The van der Waals surface area contributed by atoms with Gasteiger partial charge in [0.1, 0.15) is 5.78 Å². The highest BCUT2D eigenvalue weighted by molar-refractivity contribution is 5.80. The second kappa shape index (κ2) is 7.89. The number of hydrogen-bond donors (Lipinski definition) is 0. The summed E-state index contributed by atoms with van der Waals surface area (Å²) in [5, 5.41) is 0. The normalized spacial score (nSPS) is 15.6. The Balaban J connectivity index is 4.02. The van der Waals surface area contributed by atoms with Crippen molar-refractivity contribution < 1.29 is 4.79 Å². The summed E-state index contributed by atoms with van der Waals surface area (Å²) in [6.45, 7) is 13.4. The summed E-state index contributed by atoms with van der Waals surface area (Å²) in [7, 11) is 0. The first-order chi connectivity index (χ1) is 7.80. The van der Waals surface area contributed by atoms with Crippen LogP contribution in [0.5, 0.6) is 0 Å². The third-order valence-corrected chi connectivity index (χ3v) is 3.41. The van der Waals surface area contributed by atoms with Gasteiger partial charge in [-0.25, -0.2) is 0 Å². The molecule has 0 rings (SSSR count). The summed E-state index contributed by atoms with van der Waals surface area (Å²) in [4.78, 5) is 11.9. The first-order valence-electron chi connectivity index (χ1n) is 7.32. The van der Waals surface area contributed by atoms with Crippen molar-refractivity contribution in [2.45, 2.75) is 80.1 Å². The van der Waals surface area contributed by atoms with Crippen LogP contribution in [-0.2, 0) is 4.79 Å². The Morgan fingerprint density at radius 2 is 1.71 bits per heavy atom. The molecular weight excluding hydrogens is 208 g/mol. The molecule has 17 heavy (non-hydrogen) atoms. The van der Waals surface area contributed by atoms with Gasteiger partial charge in [0.05, 0.1) is 0 Å². The van der Waals surface area contributed by atoms with Gasteiger partial charge < -0.3 is 0 Å². The van der Waals surface area contributed by atoms with E-state index in [4.69, 9.17) is 0 Å². The maximum atomic E-state index is 11.9. The van der Waals surface area contributed by atoms with Crippen molar-refractivity contribution in [2.24, 2.45) is 17.3 Å². The lowest BCUT2D eigenvalue weighted by Crippen LogP contribution is -2.16. The number of carbonyl (C=O) groups excluding carboxylic acids is 1. The molecule has 0 spiro atoms. The van der Waals surface area contributed by atoms with Crippen LogP contribution in [0.25, 0.3) is 0 Å². The van der Waals surface area contributed by atoms with Gasteiger partial charge in [-0.2, -0.15) is 0 Å². The van der Waals surface area contributed by atoms with Crippen molar-refractivity contribution in [3.63, 3.8) is 0 Å². The van der Waals surface area contributed by atoms with Crippen LogP contribution in [0.3, 0.4) is 0 Å². The first kappa shape index (κ1) is 16.7. The van der Waals surface area contributed by atoms with E-state index in [9.17, 15) is 4.79 Å². The lowest BCUT2D eigenvalue weighted by molar-refractivity contribution is -0.123. The third kappa shape index (κ3) is 8.40. The summed E-state index contributed by atoms with van der Waals surface area (Å²) in [6.07, 6.45) is 6.32. The largest absolute Gasteiger partial charge is 0.299 e. The minimum atomic E-state index is 0.317. The van der Waals surface area contributed by atoms with E-state index < -0.39 is 0 Å². The molecule has 0 aliphatic rings. The molecule has 0 saturated carbocycles. The SMILES string of the molecule is CCCC(=O)C(CC)CCC(C)CC(C)(C)C. The summed E-state index contributed by atoms with van der Waals surface area (Å²) in [5.41, 5.74) is 0.411. The molecule has 1 heteroatoms. The second-order valence-corrected chi connectivity index (χ2v) is 6.77. The van der Waals surface area contributed by atoms with E-state index in [0.717, 1.165) is 31.6 Å². The van der Waals surface area contributed by atoms with Crippen LogP contribution in [0.4, 0.5) is 0 Å².